The first-order chi connectivity index (χ1) is 25.3. The van der Waals surface area contributed by atoms with Crippen LogP contribution in [0.5, 0.6) is 0 Å². The first-order valence-corrected chi connectivity index (χ1v) is 20.8. The van der Waals surface area contributed by atoms with E-state index in [4.69, 9.17) is 14.2 Å². The molecule has 1 amide bonds. The van der Waals surface area contributed by atoms with Crippen LogP contribution in [0.2, 0.25) is 0 Å². The third-order valence-electron chi connectivity index (χ3n) is 10.2. The van der Waals surface area contributed by atoms with Crippen LogP contribution >= 0.6 is 11.3 Å². The number of nitrogens with zero attached hydrogens (tertiary/aromatic N) is 3. The maximum Gasteiger partial charge on any atom is 0.407 e. The minimum Gasteiger partial charge on any atom is -0.443 e. The van der Waals surface area contributed by atoms with Crippen molar-refractivity contribution < 1.29 is 31.8 Å². The Morgan fingerprint density at radius 3 is 2.62 bits per heavy atom. The van der Waals surface area contributed by atoms with Crippen molar-refractivity contribution in [1.82, 2.24) is 19.9 Å². The number of hydrogen-bond donors (Lipinski definition) is 3. The number of ether oxygens (including phenoxy) is 3. The van der Waals surface area contributed by atoms with Crippen LogP contribution in [0.3, 0.4) is 0 Å². The van der Waals surface area contributed by atoms with Gasteiger partial charge in [0, 0.05) is 30.7 Å². The minimum absolute atomic E-state index is 0.00738. The van der Waals surface area contributed by atoms with Gasteiger partial charge in [0.1, 0.15) is 18.0 Å². The van der Waals surface area contributed by atoms with Crippen molar-refractivity contribution in [3.8, 4) is 0 Å². The van der Waals surface area contributed by atoms with Crippen molar-refractivity contribution in [2.45, 2.75) is 114 Å². The van der Waals surface area contributed by atoms with E-state index in [1.165, 1.54) is 39.9 Å². The predicted octanol–water partition coefficient (Wildman–Crippen LogP) is 6.04. The average molecular weight is 775 g/mol. The second-order valence-electron chi connectivity index (χ2n) is 15.1. The van der Waals surface area contributed by atoms with Crippen LogP contribution in [0.4, 0.5) is 14.3 Å². The van der Waals surface area contributed by atoms with E-state index in [0.29, 0.717) is 30.1 Å². The molecule has 53 heavy (non-hydrogen) atoms. The zero-order valence-corrected chi connectivity index (χ0v) is 32.6. The summed E-state index contributed by atoms with van der Waals surface area (Å²) in [5.74, 6) is -0.888. The number of aromatic nitrogens is 1. The molecule has 0 radical (unpaired) electrons. The zero-order valence-electron chi connectivity index (χ0n) is 30.9. The van der Waals surface area contributed by atoms with Crippen LogP contribution in [0, 0.1) is 22.6 Å². The highest BCUT2D eigenvalue weighted by Crippen LogP contribution is 2.42. The van der Waals surface area contributed by atoms with E-state index >= 15 is 0 Å². The molecular weight excluding hydrogens is 724 g/mol. The fourth-order valence-corrected chi connectivity index (χ4v) is 10.3. The summed E-state index contributed by atoms with van der Waals surface area (Å²) in [6.07, 6.45) is 1.59. The van der Waals surface area contributed by atoms with Crippen LogP contribution in [-0.4, -0.2) is 92.2 Å². The van der Waals surface area contributed by atoms with Gasteiger partial charge in [-0.25, -0.2) is 22.6 Å². The summed E-state index contributed by atoms with van der Waals surface area (Å²) in [4.78, 5) is 31.1. The summed E-state index contributed by atoms with van der Waals surface area (Å²) in [6.45, 7) is 10.3. The molecule has 3 N–H and O–H groups in total. The summed E-state index contributed by atoms with van der Waals surface area (Å²) < 4.78 is 62.8. The number of carbonyl (C=O) groups excluding carboxylic acids is 1. The highest BCUT2D eigenvalue weighted by molar-refractivity contribution is 7.89. The van der Waals surface area contributed by atoms with Crippen molar-refractivity contribution in [3.05, 3.63) is 58.8 Å². The van der Waals surface area contributed by atoms with Crippen molar-refractivity contribution in [2.75, 3.05) is 31.6 Å². The molecule has 290 valence electrons. The largest absolute Gasteiger partial charge is 0.443 e. The molecule has 3 fully saturated rings. The molecule has 6 rings (SSSR count). The third-order valence-corrected chi connectivity index (χ3v) is 12.9. The molecule has 1 saturated carbocycles. The average Bonchev–Trinajstić information content (AvgIpc) is 3.67. The molecule has 4 unspecified atom stereocenters. The summed E-state index contributed by atoms with van der Waals surface area (Å²) in [6, 6.07) is 8.87. The fraction of sp³-hybridized carbons (Fsp3) is 0.622. The van der Waals surface area contributed by atoms with Crippen molar-refractivity contribution in [3.63, 3.8) is 0 Å². The molecular formula is C37H51FN6O7S2. The first kappa shape index (κ1) is 39.4. The van der Waals surface area contributed by atoms with Gasteiger partial charge >= 0.3 is 6.09 Å². The smallest absolute Gasteiger partial charge is 0.407 e. The number of carbonyl (C=O) groups is 1. The van der Waals surface area contributed by atoms with Gasteiger partial charge < -0.3 is 30.2 Å². The van der Waals surface area contributed by atoms with E-state index in [2.05, 4.69) is 46.9 Å². The van der Waals surface area contributed by atoms with Gasteiger partial charge in [-0.05, 0) is 73.9 Å². The van der Waals surface area contributed by atoms with Crippen molar-refractivity contribution in [1.29, 1.82) is 0 Å². The highest BCUT2D eigenvalue weighted by Gasteiger charge is 2.55. The van der Waals surface area contributed by atoms with Gasteiger partial charge in [0.2, 0.25) is 10.0 Å². The normalized spacial score (nSPS) is 24.4. The lowest BCUT2D eigenvalue weighted by Crippen LogP contribution is -2.62. The monoisotopic (exact) mass is 774 g/mol. The van der Waals surface area contributed by atoms with E-state index < -0.39 is 52.0 Å². The van der Waals surface area contributed by atoms with Crippen molar-refractivity contribution in [2.24, 2.45) is 17.0 Å². The van der Waals surface area contributed by atoms with Crippen LogP contribution in [0.25, 0.3) is 10.2 Å². The van der Waals surface area contributed by atoms with Gasteiger partial charge in [0.15, 0.2) is 11.4 Å². The molecule has 2 saturated heterocycles. The Kier molecular flexibility index (Phi) is 12.4. The molecule has 2 aliphatic heterocycles. The Bertz CT molecular complexity index is 1860. The number of nitroso groups, excluding NO2 is 1. The van der Waals surface area contributed by atoms with Gasteiger partial charge in [-0.15, -0.1) is 0 Å². The third kappa shape index (κ3) is 9.34. The number of rotatable bonds is 17. The Morgan fingerprint density at radius 1 is 1.15 bits per heavy atom. The predicted molar refractivity (Wildman–Crippen MR) is 202 cm³/mol. The summed E-state index contributed by atoms with van der Waals surface area (Å²) in [5.41, 5.74) is 0.785. The first-order valence-electron chi connectivity index (χ1n) is 18.5. The minimum atomic E-state index is -4.14. The molecule has 16 heteroatoms. The lowest BCUT2D eigenvalue weighted by molar-refractivity contribution is -0.181. The number of amides is 1. The van der Waals surface area contributed by atoms with E-state index in [-0.39, 0.29) is 48.9 Å². The van der Waals surface area contributed by atoms with Gasteiger partial charge in [0.25, 0.3) is 0 Å². The van der Waals surface area contributed by atoms with Crippen molar-refractivity contribution >= 4 is 42.8 Å². The summed E-state index contributed by atoms with van der Waals surface area (Å²) >= 11 is 1.39. The number of fused-ring (bicyclic) bond motifs is 2. The highest BCUT2D eigenvalue weighted by atomic mass is 32.2. The lowest BCUT2D eigenvalue weighted by atomic mass is 9.74. The molecule has 6 atom stereocenters. The molecule has 13 nitrogen and oxygen atoms in total. The van der Waals surface area contributed by atoms with Gasteiger partial charge in [0.05, 0.1) is 40.3 Å². The fourth-order valence-electron chi connectivity index (χ4n) is 7.55. The second-order valence-corrected chi connectivity index (χ2v) is 18.1. The number of benzene rings is 2. The van der Waals surface area contributed by atoms with Crippen LogP contribution in [0.1, 0.15) is 65.9 Å². The van der Waals surface area contributed by atoms with E-state index in [1.807, 2.05) is 13.8 Å². The molecule has 0 spiro atoms. The Hall–Kier alpha value is -3.28. The second kappa shape index (κ2) is 16.6. The number of thiazole rings is 1. The van der Waals surface area contributed by atoms with Gasteiger partial charge in [-0.1, -0.05) is 63.3 Å². The SMILES string of the molecule is CC[C@]1(NC(C)C)CCOC2OCC(OC(=O)N[C@@H](Cc3cccc(F)c3)C(CN(CC(C)C)S(=O)(=O)c3ccc4nc(NC5CC5)sc4c3)N=O)C21. The number of halogens is 1. The van der Waals surface area contributed by atoms with E-state index in [1.54, 1.807) is 18.2 Å². The summed E-state index contributed by atoms with van der Waals surface area (Å²) in [5, 5.41) is 14.0. The van der Waals surface area contributed by atoms with Crippen LogP contribution in [-0.2, 0) is 30.7 Å². The molecule has 3 heterocycles. The Morgan fingerprint density at radius 2 is 1.94 bits per heavy atom. The quantitative estimate of drug-likeness (QED) is 0.138. The van der Waals surface area contributed by atoms with Crippen LogP contribution in [0.15, 0.2) is 52.5 Å². The molecule has 1 aromatic heterocycles. The molecule has 2 aromatic carbocycles. The topological polar surface area (TPSA) is 161 Å². The maximum absolute atomic E-state index is 14.3. The van der Waals surface area contributed by atoms with Gasteiger partial charge in [-0.3, -0.25) is 0 Å². The van der Waals surface area contributed by atoms with Crippen LogP contribution < -0.4 is 16.0 Å². The number of sulfonamides is 1. The standard InChI is InChI=1S/C37H51FN6O7S2/c1-6-37(42-23(4)5)14-15-49-34-33(37)31(21-50-34)51-36(45)41-29(17-24-8-7-9-25(38)16-24)30(43-46)20-44(19-22(2)3)53(47,48)27-12-13-28-32(18-27)52-35(40-28)39-26-10-11-26/h7-9,12-13,16,18,22-23,26,29-31,33-34,42H,6,10-11,14-15,17,19-21H2,1-5H3,(H,39,40)(H,41,45)/t29-,30?,31?,33?,34?,37-/m0/s1. The Labute approximate surface area is 314 Å². The lowest BCUT2D eigenvalue weighted by Gasteiger charge is -2.47. The molecule has 3 aromatic rings. The maximum atomic E-state index is 14.3. The number of hydrogen-bond acceptors (Lipinski definition) is 12. The Balaban J connectivity index is 1.24. The van der Waals surface area contributed by atoms with Gasteiger partial charge in [-0.2, -0.15) is 9.21 Å². The number of nitrogens with one attached hydrogen (secondary N) is 3. The summed E-state index contributed by atoms with van der Waals surface area (Å²) in [7, 11) is -4.14. The molecule has 3 aliphatic rings. The number of alkyl carbamates (subject to hydrolysis) is 1. The van der Waals surface area contributed by atoms with E-state index in [0.717, 1.165) is 29.1 Å². The molecule has 0 bridgehead atoms. The molecule has 1 aliphatic carbocycles. The van der Waals surface area contributed by atoms with E-state index in [9.17, 15) is 22.5 Å². The number of anilines is 1. The zero-order chi connectivity index (χ0) is 37.9.